The first kappa shape index (κ1) is 19.7. The summed E-state index contributed by atoms with van der Waals surface area (Å²) in [5.74, 6) is 0.980. The number of nitrogens with zero attached hydrogens (tertiary/aromatic N) is 3. The Morgan fingerprint density at radius 1 is 0.900 bits per heavy atom. The van der Waals surface area contributed by atoms with E-state index >= 15 is 0 Å². The molecule has 0 spiro atoms. The molecule has 0 aliphatic heterocycles. The maximum atomic E-state index is 10.6. The zero-order chi connectivity index (χ0) is 20.8. The number of aliphatic hydroxyl groups excluding tert-OH is 1. The van der Waals surface area contributed by atoms with Crippen molar-refractivity contribution in [2.75, 3.05) is 17.2 Å². The van der Waals surface area contributed by atoms with Crippen LogP contribution in [-0.2, 0) is 6.42 Å². The molecule has 1 heterocycles. The minimum absolute atomic E-state index is 0.358. The zero-order valence-corrected chi connectivity index (χ0v) is 16.9. The van der Waals surface area contributed by atoms with Crippen LogP contribution in [0.3, 0.4) is 0 Å². The van der Waals surface area contributed by atoms with Crippen molar-refractivity contribution in [3.63, 3.8) is 0 Å². The number of hydrogen-bond acceptors (Lipinski definition) is 5. The number of aryl methyl sites for hydroxylation is 1. The van der Waals surface area contributed by atoms with Gasteiger partial charge in [-0.05, 0) is 36.6 Å². The fourth-order valence-corrected chi connectivity index (χ4v) is 3.29. The molecular formula is C24H25N5O. The predicted molar refractivity (Wildman–Crippen MR) is 120 cm³/mol. The number of aliphatic hydroxyl groups is 1. The molecule has 1 atom stereocenters. The molecule has 0 bridgehead atoms. The van der Waals surface area contributed by atoms with Gasteiger partial charge in [0.15, 0.2) is 6.23 Å². The normalized spacial score (nSPS) is 11.8. The number of rotatable bonds is 8. The van der Waals surface area contributed by atoms with Gasteiger partial charge >= 0.3 is 0 Å². The highest BCUT2D eigenvalue weighted by molar-refractivity contribution is 5.45. The Morgan fingerprint density at radius 2 is 1.57 bits per heavy atom. The molecule has 152 valence electrons. The maximum Gasteiger partial charge on any atom is 0.246 e. The second-order valence-electron chi connectivity index (χ2n) is 7.07. The summed E-state index contributed by atoms with van der Waals surface area (Å²) in [6.45, 7) is 2.68. The van der Waals surface area contributed by atoms with Gasteiger partial charge in [0, 0.05) is 12.1 Å². The van der Waals surface area contributed by atoms with E-state index in [0.29, 0.717) is 11.9 Å². The van der Waals surface area contributed by atoms with Crippen molar-refractivity contribution in [2.24, 2.45) is 0 Å². The molecule has 0 aliphatic carbocycles. The van der Waals surface area contributed by atoms with Gasteiger partial charge in [-0.2, -0.15) is 9.67 Å². The van der Waals surface area contributed by atoms with Crippen molar-refractivity contribution >= 4 is 11.9 Å². The van der Waals surface area contributed by atoms with Gasteiger partial charge in [0.2, 0.25) is 11.9 Å². The summed E-state index contributed by atoms with van der Waals surface area (Å²) in [4.78, 5) is 4.58. The lowest BCUT2D eigenvalue weighted by molar-refractivity contribution is 0.206. The molecule has 0 saturated heterocycles. The van der Waals surface area contributed by atoms with E-state index in [2.05, 4.69) is 32.8 Å². The highest BCUT2D eigenvalue weighted by Gasteiger charge is 2.16. The highest BCUT2D eigenvalue weighted by atomic mass is 16.3. The summed E-state index contributed by atoms with van der Waals surface area (Å²) in [7, 11) is 0. The summed E-state index contributed by atoms with van der Waals surface area (Å²) in [5, 5.41) is 21.6. The number of aromatic nitrogens is 3. The first-order valence-corrected chi connectivity index (χ1v) is 10.0. The van der Waals surface area contributed by atoms with E-state index in [9.17, 15) is 5.11 Å². The van der Waals surface area contributed by atoms with Crippen molar-refractivity contribution in [1.29, 1.82) is 0 Å². The quantitative estimate of drug-likeness (QED) is 0.385. The Bertz CT molecular complexity index is 1080. The monoisotopic (exact) mass is 399 g/mol. The fourth-order valence-electron chi connectivity index (χ4n) is 3.29. The number of anilines is 2. The van der Waals surface area contributed by atoms with Gasteiger partial charge in [-0.1, -0.05) is 72.8 Å². The average Bonchev–Trinajstić information content (AvgIpc) is 3.18. The van der Waals surface area contributed by atoms with Crippen LogP contribution in [-0.4, -0.2) is 26.4 Å². The minimum atomic E-state index is -0.894. The first-order valence-electron chi connectivity index (χ1n) is 10.0. The molecule has 6 nitrogen and oxygen atoms in total. The van der Waals surface area contributed by atoms with Gasteiger partial charge in [0.25, 0.3) is 0 Å². The minimum Gasteiger partial charge on any atom is -0.369 e. The standard InChI is InChI=1S/C24H25N5O/c1-18-10-8-9-15-21(18)22(30)26-23-27-24(25-17-16-19-11-4-2-5-12-19)29(28-23)20-13-6-3-7-14-20/h2-15,22,30H,16-17H2,1H3,(H2,25,26,27,28). The van der Waals surface area contributed by atoms with E-state index in [1.807, 2.05) is 79.7 Å². The summed E-state index contributed by atoms with van der Waals surface area (Å²) >= 11 is 0. The molecule has 0 radical (unpaired) electrons. The zero-order valence-electron chi connectivity index (χ0n) is 16.9. The fraction of sp³-hybridized carbons (Fsp3) is 0.167. The Kier molecular flexibility index (Phi) is 6.06. The molecule has 1 unspecified atom stereocenters. The van der Waals surface area contributed by atoms with Crippen molar-refractivity contribution in [2.45, 2.75) is 19.6 Å². The number of hydrogen-bond donors (Lipinski definition) is 3. The maximum absolute atomic E-state index is 10.6. The van der Waals surface area contributed by atoms with E-state index in [4.69, 9.17) is 0 Å². The lowest BCUT2D eigenvalue weighted by atomic mass is 10.1. The third-order valence-electron chi connectivity index (χ3n) is 4.90. The second kappa shape index (κ2) is 9.24. The lowest BCUT2D eigenvalue weighted by Gasteiger charge is -2.13. The number of para-hydroxylation sites is 1. The summed E-state index contributed by atoms with van der Waals surface area (Å²) < 4.78 is 1.75. The molecule has 0 saturated carbocycles. The Balaban J connectivity index is 1.54. The molecular weight excluding hydrogens is 374 g/mol. The molecule has 4 rings (SSSR count). The van der Waals surface area contributed by atoms with Crippen LogP contribution in [0.25, 0.3) is 5.69 Å². The second-order valence-corrected chi connectivity index (χ2v) is 7.07. The van der Waals surface area contributed by atoms with Gasteiger partial charge in [0.1, 0.15) is 0 Å². The molecule has 3 N–H and O–H groups in total. The van der Waals surface area contributed by atoms with E-state index in [1.165, 1.54) is 5.56 Å². The molecule has 6 heteroatoms. The molecule has 30 heavy (non-hydrogen) atoms. The molecule has 4 aromatic rings. The molecule has 0 amide bonds. The molecule has 0 aliphatic rings. The number of nitrogens with one attached hydrogen (secondary N) is 2. The van der Waals surface area contributed by atoms with Crippen LogP contribution in [0.5, 0.6) is 0 Å². The van der Waals surface area contributed by atoms with Gasteiger partial charge in [-0.15, -0.1) is 5.10 Å². The van der Waals surface area contributed by atoms with Gasteiger partial charge in [-0.25, -0.2) is 0 Å². The first-order chi connectivity index (χ1) is 14.7. The SMILES string of the molecule is Cc1ccccc1C(O)Nc1nc(NCCc2ccccc2)n(-c2ccccc2)n1. The van der Waals surface area contributed by atoms with Crippen LogP contribution in [0.1, 0.15) is 22.9 Å². The average molecular weight is 399 g/mol. The third-order valence-corrected chi connectivity index (χ3v) is 4.90. The van der Waals surface area contributed by atoms with E-state index in [0.717, 1.165) is 29.8 Å². The van der Waals surface area contributed by atoms with E-state index in [-0.39, 0.29) is 0 Å². The Hall–Kier alpha value is -3.64. The van der Waals surface area contributed by atoms with Crippen LogP contribution in [0, 0.1) is 6.92 Å². The van der Waals surface area contributed by atoms with Crippen LogP contribution in [0.4, 0.5) is 11.9 Å². The number of benzene rings is 3. The Morgan fingerprint density at radius 3 is 2.30 bits per heavy atom. The highest BCUT2D eigenvalue weighted by Crippen LogP contribution is 2.21. The van der Waals surface area contributed by atoms with Crippen molar-refractivity contribution in [3.8, 4) is 5.69 Å². The van der Waals surface area contributed by atoms with E-state index < -0.39 is 6.23 Å². The molecule has 0 fully saturated rings. The van der Waals surface area contributed by atoms with Gasteiger partial charge in [-0.3, -0.25) is 0 Å². The van der Waals surface area contributed by atoms with Crippen LogP contribution >= 0.6 is 0 Å². The Labute approximate surface area is 176 Å². The largest absolute Gasteiger partial charge is 0.369 e. The summed E-state index contributed by atoms with van der Waals surface area (Å²) in [6, 6.07) is 27.8. The van der Waals surface area contributed by atoms with Crippen LogP contribution in [0.15, 0.2) is 84.9 Å². The van der Waals surface area contributed by atoms with Crippen molar-refractivity contribution in [3.05, 3.63) is 102 Å². The predicted octanol–water partition coefficient (Wildman–Crippen LogP) is 4.33. The van der Waals surface area contributed by atoms with E-state index in [1.54, 1.807) is 4.68 Å². The summed E-state index contributed by atoms with van der Waals surface area (Å²) in [5.41, 5.74) is 3.95. The smallest absolute Gasteiger partial charge is 0.246 e. The van der Waals surface area contributed by atoms with Gasteiger partial charge in [0.05, 0.1) is 5.69 Å². The molecule has 3 aromatic carbocycles. The van der Waals surface area contributed by atoms with Gasteiger partial charge < -0.3 is 15.7 Å². The van der Waals surface area contributed by atoms with Crippen molar-refractivity contribution in [1.82, 2.24) is 14.8 Å². The topological polar surface area (TPSA) is 75.0 Å². The van der Waals surface area contributed by atoms with Crippen LogP contribution in [0.2, 0.25) is 0 Å². The third kappa shape index (κ3) is 4.67. The molecule has 1 aromatic heterocycles. The van der Waals surface area contributed by atoms with Crippen LogP contribution < -0.4 is 10.6 Å². The van der Waals surface area contributed by atoms with Crippen molar-refractivity contribution < 1.29 is 5.11 Å². The lowest BCUT2D eigenvalue weighted by Crippen LogP contribution is -2.12. The summed E-state index contributed by atoms with van der Waals surface area (Å²) in [6.07, 6.45) is -0.0214.